The van der Waals surface area contributed by atoms with Gasteiger partial charge in [0.25, 0.3) is 0 Å². The first kappa shape index (κ1) is 41.2. The predicted molar refractivity (Wildman–Crippen MR) is 295 cm³/mol. The van der Waals surface area contributed by atoms with Crippen LogP contribution in [0, 0.1) is 0 Å². The van der Waals surface area contributed by atoms with Crippen LogP contribution in [-0.2, 0) is 0 Å². The lowest BCUT2D eigenvalue weighted by Gasteiger charge is -2.12. The summed E-state index contributed by atoms with van der Waals surface area (Å²) < 4.78 is 8.55. The molecule has 0 N–H and O–H groups in total. The third kappa shape index (κ3) is 7.29. The molecule has 0 radical (unpaired) electrons. The van der Waals surface area contributed by atoms with Crippen LogP contribution < -0.4 is 0 Å². The molecule has 6 heteroatoms. The molecule has 0 aliphatic rings. The van der Waals surface area contributed by atoms with Gasteiger partial charge in [-0.05, 0) is 110 Å². The molecule has 14 rings (SSSR count). The van der Waals surface area contributed by atoms with Gasteiger partial charge in [-0.15, -0.1) is 0 Å². The van der Waals surface area contributed by atoms with Gasteiger partial charge in [0.2, 0.25) is 0 Å². The summed E-state index contributed by atoms with van der Waals surface area (Å²) in [4.78, 5) is 20.4. The summed E-state index contributed by atoms with van der Waals surface area (Å²) in [6.07, 6.45) is 1.77. The predicted octanol–water partition coefficient (Wildman–Crippen LogP) is 17.1. The summed E-state index contributed by atoms with van der Waals surface area (Å²) in [5.74, 6) is 1.60. The number of nitrogens with zero attached hydrogens (tertiary/aromatic N) is 5. The van der Waals surface area contributed by atoms with Crippen molar-refractivity contribution >= 4 is 54.5 Å². The lowest BCUT2D eigenvalue weighted by atomic mass is 9.99. The summed E-state index contributed by atoms with van der Waals surface area (Å²) in [6.45, 7) is 0. The molecule has 4 aromatic heterocycles. The van der Waals surface area contributed by atoms with E-state index >= 15 is 0 Å². The maximum atomic E-state index is 6.16. The van der Waals surface area contributed by atoms with E-state index in [1.807, 2.05) is 30.3 Å². The Morgan fingerprint density at radius 2 is 0.792 bits per heavy atom. The van der Waals surface area contributed by atoms with Crippen LogP contribution in [0.3, 0.4) is 0 Å². The summed E-state index contributed by atoms with van der Waals surface area (Å²) in [5, 5.41) is 6.63. The molecule has 10 aromatic carbocycles. The number of pyridine rings is 1. The van der Waals surface area contributed by atoms with Gasteiger partial charge >= 0.3 is 0 Å². The van der Waals surface area contributed by atoms with Crippen molar-refractivity contribution in [3.05, 3.63) is 249 Å². The molecule has 0 aliphatic carbocycles. The summed E-state index contributed by atoms with van der Waals surface area (Å²) in [6, 6.07) is 85.7. The van der Waals surface area contributed by atoms with Gasteiger partial charge in [0.15, 0.2) is 23.1 Å². The van der Waals surface area contributed by atoms with E-state index < -0.39 is 0 Å². The van der Waals surface area contributed by atoms with E-state index in [4.69, 9.17) is 24.4 Å². The van der Waals surface area contributed by atoms with Crippen LogP contribution >= 0.6 is 0 Å². The average molecular weight is 920 g/mol. The van der Waals surface area contributed by atoms with Crippen molar-refractivity contribution in [1.82, 2.24) is 24.5 Å². The minimum Gasteiger partial charge on any atom is -0.454 e. The molecule has 0 unspecified atom stereocenters. The zero-order valence-corrected chi connectivity index (χ0v) is 38.8. The van der Waals surface area contributed by atoms with Gasteiger partial charge in [0.1, 0.15) is 11.3 Å². The number of rotatable bonds is 8. The minimum absolute atomic E-state index is 0.479. The molecular weight excluding hydrogens is 879 g/mol. The fraction of sp³-hybridized carbons (Fsp3) is 0. The van der Waals surface area contributed by atoms with Crippen molar-refractivity contribution in [3.8, 4) is 84.5 Å². The Morgan fingerprint density at radius 3 is 1.57 bits per heavy atom. The van der Waals surface area contributed by atoms with E-state index in [1.54, 1.807) is 6.20 Å². The van der Waals surface area contributed by atoms with Gasteiger partial charge < -0.3 is 8.98 Å². The maximum Gasteiger partial charge on any atom is 0.182 e. The maximum absolute atomic E-state index is 6.16. The van der Waals surface area contributed by atoms with Gasteiger partial charge in [0, 0.05) is 38.4 Å². The van der Waals surface area contributed by atoms with Gasteiger partial charge in [-0.3, -0.25) is 0 Å². The fourth-order valence-corrected chi connectivity index (χ4v) is 10.3. The zero-order chi connectivity index (χ0) is 47.5. The van der Waals surface area contributed by atoms with Crippen LogP contribution in [-0.4, -0.2) is 24.5 Å². The number of aromatic nitrogens is 5. The number of benzene rings is 10. The molecule has 0 fully saturated rings. The van der Waals surface area contributed by atoms with Crippen LogP contribution in [0.25, 0.3) is 139 Å². The zero-order valence-electron chi connectivity index (χ0n) is 38.8. The molecule has 4 heterocycles. The first-order valence-electron chi connectivity index (χ1n) is 24.2. The number of hydrogen-bond donors (Lipinski definition) is 0. The first-order valence-corrected chi connectivity index (χ1v) is 24.2. The first-order chi connectivity index (χ1) is 35.6. The van der Waals surface area contributed by atoms with E-state index in [2.05, 4.69) is 217 Å². The highest BCUT2D eigenvalue weighted by Gasteiger charge is 2.18. The molecule has 0 spiro atoms. The summed E-state index contributed by atoms with van der Waals surface area (Å²) in [7, 11) is 0. The van der Waals surface area contributed by atoms with Crippen molar-refractivity contribution in [2.45, 2.75) is 0 Å². The van der Waals surface area contributed by atoms with E-state index in [9.17, 15) is 0 Å². The topological polar surface area (TPSA) is 69.6 Å². The minimum atomic E-state index is 0.479. The van der Waals surface area contributed by atoms with E-state index in [1.165, 1.54) is 44.2 Å². The van der Waals surface area contributed by atoms with E-state index in [-0.39, 0.29) is 0 Å². The van der Waals surface area contributed by atoms with Crippen LogP contribution in [0.5, 0.6) is 0 Å². The molecule has 0 saturated heterocycles. The van der Waals surface area contributed by atoms with Gasteiger partial charge in [-0.2, -0.15) is 0 Å². The molecule has 0 bridgehead atoms. The average Bonchev–Trinajstić information content (AvgIpc) is 4.00. The highest BCUT2D eigenvalue weighted by atomic mass is 16.3. The lowest BCUT2D eigenvalue weighted by Crippen LogP contribution is -2.01. The van der Waals surface area contributed by atoms with Crippen LogP contribution in [0.1, 0.15) is 0 Å². The van der Waals surface area contributed by atoms with Crippen molar-refractivity contribution in [1.29, 1.82) is 0 Å². The largest absolute Gasteiger partial charge is 0.454 e. The Bertz CT molecular complexity index is 4390. The van der Waals surface area contributed by atoms with Gasteiger partial charge in [0.05, 0.1) is 17.2 Å². The second-order valence-electron chi connectivity index (χ2n) is 18.3. The van der Waals surface area contributed by atoms with E-state index in [0.29, 0.717) is 28.8 Å². The molecule has 72 heavy (non-hydrogen) atoms. The molecule has 336 valence electrons. The number of furan rings is 1. The highest BCUT2D eigenvalue weighted by molar-refractivity contribution is 6.10. The lowest BCUT2D eigenvalue weighted by molar-refractivity contribution is 0.667. The van der Waals surface area contributed by atoms with Crippen molar-refractivity contribution < 1.29 is 4.42 Å². The SMILES string of the molecule is c1ccc(-c2ccc(-c3ccc4c5ccccc5n(-c5cccc(-c6cccc(-c7nc(-c8ccc9cc(-c%10ccccc%10)ccc9c8)nc(-c8cc9c(cn8)oc8ccccc89)n7)c6)c5)c4c3)cc2)cc1. The third-order valence-electron chi connectivity index (χ3n) is 13.9. The molecule has 0 saturated carbocycles. The number of para-hydroxylation sites is 2. The Morgan fingerprint density at radius 1 is 0.292 bits per heavy atom. The quantitative estimate of drug-likeness (QED) is 0.152. The smallest absolute Gasteiger partial charge is 0.182 e. The van der Waals surface area contributed by atoms with Crippen LogP contribution in [0.2, 0.25) is 0 Å². The molecule has 6 nitrogen and oxygen atoms in total. The Kier molecular flexibility index (Phi) is 9.74. The van der Waals surface area contributed by atoms with Crippen molar-refractivity contribution in [2.24, 2.45) is 0 Å². The van der Waals surface area contributed by atoms with Crippen molar-refractivity contribution in [3.63, 3.8) is 0 Å². The van der Waals surface area contributed by atoms with Crippen LogP contribution in [0.4, 0.5) is 0 Å². The van der Waals surface area contributed by atoms with E-state index in [0.717, 1.165) is 66.1 Å². The van der Waals surface area contributed by atoms with Gasteiger partial charge in [-0.1, -0.05) is 188 Å². The standard InChI is InChI=1S/C66H41N5O/c1-3-13-42(14-4-1)44-25-27-45(28-26-44)51-33-34-56-55-21-7-9-23-60(55)71(61(56)39-51)54-20-12-18-47(38-54)46-17-11-19-52(36-46)64-68-65(53-32-31-49-35-48(29-30-50(49)37-53)43-15-5-2-6-16-43)70-66(69-64)59-40-58-57-22-8-10-24-62(57)72-63(58)41-67-59/h1-41H. The highest BCUT2D eigenvalue weighted by Crippen LogP contribution is 2.38. The fourth-order valence-electron chi connectivity index (χ4n) is 10.3. The van der Waals surface area contributed by atoms with Gasteiger partial charge in [-0.25, -0.2) is 19.9 Å². The Hall–Kier alpha value is -9.78. The summed E-state index contributed by atoms with van der Waals surface area (Å²) >= 11 is 0. The molecule has 14 aromatic rings. The Balaban J connectivity index is 0.866. The molecular formula is C66H41N5O. The second kappa shape index (κ2) is 17.0. The molecule has 0 aliphatic heterocycles. The second-order valence-corrected chi connectivity index (χ2v) is 18.3. The Labute approximate surface area is 414 Å². The molecule has 0 atom stereocenters. The molecule has 0 amide bonds. The van der Waals surface area contributed by atoms with Crippen molar-refractivity contribution in [2.75, 3.05) is 0 Å². The number of hydrogen-bond acceptors (Lipinski definition) is 5. The third-order valence-corrected chi connectivity index (χ3v) is 13.9. The number of fused-ring (bicyclic) bond motifs is 7. The van der Waals surface area contributed by atoms with Crippen LogP contribution in [0.15, 0.2) is 253 Å². The summed E-state index contributed by atoms with van der Waals surface area (Å²) in [5.41, 5.74) is 16.5. The monoisotopic (exact) mass is 919 g/mol. The normalized spacial score (nSPS) is 11.6.